The Morgan fingerprint density at radius 3 is 2.97 bits per heavy atom. The molecule has 1 N–H and O–H groups in total. The van der Waals surface area contributed by atoms with E-state index in [4.69, 9.17) is 4.52 Å². The van der Waals surface area contributed by atoms with Gasteiger partial charge in [0.15, 0.2) is 5.82 Å². The second-order valence-electron chi connectivity index (χ2n) is 7.26. The number of likely N-dealkylation sites (tertiary alicyclic amines) is 1. The van der Waals surface area contributed by atoms with Gasteiger partial charge in [-0.05, 0) is 31.9 Å². The number of halogens is 1. The molecule has 1 fully saturated rings. The highest BCUT2D eigenvalue weighted by Gasteiger charge is 2.31. The minimum absolute atomic E-state index is 0.293. The molecular weight excluding hydrogens is 375 g/mol. The van der Waals surface area contributed by atoms with Crippen molar-refractivity contribution in [1.82, 2.24) is 24.8 Å². The molecule has 1 atom stereocenters. The number of carbonyl (C=O) groups is 1. The SMILES string of the molecule is Cc1c(F)cccc1NC(=O)N1CCCCCC1c1noc(-c2cnn(C)c2)n1. The normalized spacial score (nSPS) is 17.2. The molecule has 0 saturated carbocycles. The third-order valence-electron chi connectivity index (χ3n) is 5.21. The Morgan fingerprint density at radius 1 is 1.31 bits per heavy atom. The monoisotopic (exact) mass is 398 g/mol. The number of aryl methyl sites for hydroxylation is 1. The van der Waals surface area contributed by atoms with Crippen LogP contribution in [0.2, 0.25) is 0 Å². The van der Waals surface area contributed by atoms with E-state index in [1.165, 1.54) is 6.07 Å². The Labute approximate surface area is 167 Å². The molecule has 29 heavy (non-hydrogen) atoms. The van der Waals surface area contributed by atoms with Crippen molar-refractivity contribution < 1.29 is 13.7 Å². The fourth-order valence-corrected chi connectivity index (χ4v) is 3.57. The van der Waals surface area contributed by atoms with E-state index in [2.05, 4.69) is 20.6 Å². The van der Waals surface area contributed by atoms with Crippen LogP contribution in [0, 0.1) is 12.7 Å². The number of amides is 2. The Balaban J connectivity index is 1.58. The van der Waals surface area contributed by atoms with Gasteiger partial charge >= 0.3 is 6.03 Å². The standard InChI is InChI=1S/C20H23FN6O2/c1-13-15(21)7-6-8-16(13)23-20(28)27-10-5-3-4-9-17(27)18-24-19(29-25-18)14-11-22-26(2)12-14/h6-8,11-12,17H,3-5,9-10H2,1-2H3,(H,23,28). The van der Waals surface area contributed by atoms with Crippen LogP contribution in [-0.2, 0) is 7.05 Å². The second kappa shape index (κ2) is 8.02. The Morgan fingerprint density at radius 2 is 2.17 bits per heavy atom. The lowest BCUT2D eigenvalue weighted by atomic mass is 10.1. The third kappa shape index (κ3) is 3.98. The fraction of sp³-hybridized carbons (Fsp3) is 0.400. The highest BCUT2D eigenvalue weighted by molar-refractivity contribution is 5.90. The Bertz CT molecular complexity index is 1010. The van der Waals surface area contributed by atoms with E-state index in [9.17, 15) is 9.18 Å². The van der Waals surface area contributed by atoms with Crippen LogP contribution in [0.1, 0.15) is 43.1 Å². The molecule has 9 heteroatoms. The number of nitrogens with zero attached hydrogens (tertiary/aromatic N) is 5. The van der Waals surface area contributed by atoms with Crippen LogP contribution in [-0.4, -0.2) is 37.4 Å². The van der Waals surface area contributed by atoms with Crippen LogP contribution in [0.3, 0.4) is 0 Å². The highest BCUT2D eigenvalue weighted by Crippen LogP contribution is 2.31. The van der Waals surface area contributed by atoms with Gasteiger partial charge in [-0.15, -0.1) is 0 Å². The van der Waals surface area contributed by atoms with E-state index in [0.717, 1.165) is 31.2 Å². The fourth-order valence-electron chi connectivity index (χ4n) is 3.57. The van der Waals surface area contributed by atoms with Crippen molar-refractivity contribution in [3.05, 3.63) is 47.8 Å². The summed E-state index contributed by atoms with van der Waals surface area (Å²) < 4.78 is 20.9. The van der Waals surface area contributed by atoms with Crippen LogP contribution < -0.4 is 5.32 Å². The van der Waals surface area contributed by atoms with E-state index >= 15 is 0 Å². The number of benzene rings is 1. The van der Waals surface area contributed by atoms with Gasteiger partial charge in [0.05, 0.1) is 17.8 Å². The van der Waals surface area contributed by atoms with E-state index in [-0.39, 0.29) is 17.9 Å². The van der Waals surface area contributed by atoms with E-state index in [0.29, 0.717) is 29.5 Å². The molecule has 3 heterocycles. The molecule has 0 radical (unpaired) electrons. The van der Waals surface area contributed by atoms with Crippen molar-refractivity contribution >= 4 is 11.7 Å². The summed E-state index contributed by atoms with van der Waals surface area (Å²) in [6.45, 7) is 2.21. The molecule has 0 bridgehead atoms. The molecule has 8 nitrogen and oxygen atoms in total. The van der Waals surface area contributed by atoms with Crippen molar-refractivity contribution in [2.75, 3.05) is 11.9 Å². The van der Waals surface area contributed by atoms with Gasteiger partial charge in [0.1, 0.15) is 5.82 Å². The topological polar surface area (TPSA) is 89.1 Å². The number of anilines is 1. The maximum absolute atomic E-state index is 13.8. The van der Waals surface area contributed by atoms with Crippen molar-refractivity contribution in [2.24, 2.45) is 7.05 Å². The first-order valence-corrected chi connectivity index (χ1v) is 9.68. The molecule has 1 aliphatic rings. The van der Waals surface area contributed by atoms with E-state index < -0.39 is 0 Å². The van der Waals surface area contributed by atoms with Crippen LogP contribution in [0.15, 0.2) is 35.1 Å². The molecule has 4 rings (SSSR count). The summed E-state index contributed by atoms with van der Waals surface area (Å²) in [5, 5.41) is 11.1. The summed E-state index contributed by atoms with van der Waals surface area (Å²) >= 11 is 0. The molecule has 2 amide bonds. The average Bonchev–Trinajstić information content (AvgIpc) is 3.28. The largest absolute Gasteiger partial charge is 0.334 e. The zero-order valence-corrected chi connectivity index (χ0v) is 16.4. The molecule has 3 aromatic rings. The molecular formula is C20H23FN6O2. The van der Waals surface area contributed by atoms with Crippen molar-refractivity contribution in [3.63, 3.8) is 0 Å². The van der Waals surface area contributed by atoms with Gasteiger partial charge in [-0.1, -0.05) is 24.1 Å². The smallest absolute Gasteiger partial charge is 0.322 e. The predicted octanol–water partition coefficient (Wildman–Crippen LogP) is 4.07. The lowest BCUT2D eigenvalue weighted by molar-refractivity contribution is 0.185. The van der Waals surface area contributed by atoms with E-state index in [1.54, 1.807) is 41.0 Å². The zero-order valence-electron chi connectivity index (χ0n) is 16.4. The number of urea groups is 1. The summed E-state index contributed by atoms with van der Waals surface area (Å²) in [5.41, 5.74) is 1.60. The minimum atomic E-state index is -0.352. The number of rotatable bonds is 3. The number of hydrogen-bond acceptors (Lipinski definition) is 5. The van der Waals surface area contributed by atoms with Gasteiger partial charge < -0.3 is 14.7 Å². The summed E-state index contributed by atoms with van der Waals surface area (Å²) in [4.78, 5) is 19.3. The first-order valence-electron chi connectivity index (χ1n) is 9.68. The minimum Gasteiger partial charge on any atom is -0.334 e. The molecule has 2 aromatic heterocycles. The van der Waals surface area contributed by atoms with Gasteiger partial charge in [-0.2, -0.15) is 10.1 Å². The quantitative estimate of drug-likeness (QED) is 0.718. The third-order valence-corrected chi connectivity index (χ3v) is 5.21. The zero-order chi connectivity index (χ0) is 20.4. The number of nitrogens with one attached hydrogen (secondary N) is 1. The molecule has 1 aliphatic heterocycles. The summed E-state index contributed by atoms with van der Waals surface area (Å²) in [6, 6.07) is 4.05. The maximum Gasteiger partial charge on any atom is 0.322 e. The van der Waals surface area contributed by atoms with Crippen molar-refractivity contribution in [3.8, 4) is 11.5 Å². The lowest BCUT2D eigenvalue weighted by Crippen LogP contribution is -2.38. The number of aromatic nitrogens is 4. The summed E-state index contributed by atoms with van der Waals surface area (Å²) in [5.74, 6) is 0.491. The first kappa shape index (κ1) is 19.1. The summed E-state index contributed by atoms with van der Waals surface area (Å²) in [6.07, 6.45) is 7.06. The van der Waals surface area contributed by atoms with Gasteiger partial charge in [0.25, 0.3) is 5.89 Å². The van der Waals surface area contributed by atoms with Crippen molar-refractivity contribution in [1.29, 1.82) is 0 Å². The van der Waals surface area contributed by atoms with Crippen LogP contribution >= 0.6 is 0 Å². The first-order chi connectivity index (χ1) is 14.0. The molecule has 152 valence electrons. The number of hydrogen-bond donors (Lipinski definition) is 1. The predicted molar refractivity (Wildman–Crippen MR) is 105 cm³/mol. The maximum atomic E-state index is 13.8. The van der Waals surface area contributed by atoms with Crippen LogP contribution in [0.5, 0.6) is 0 Å². The summed E-state index contributed by atoms with van der Waals surface area (Å²) in [7, 11) is 1.81. The van der Waals surface area contributed by atoms with Gasteiger partial charge in [0.2, 0.25) is 0 Å². The molecule has 0 aliphatic carbocycles. The lowest BCUT2D eigenvalue weighted by Gasteiger charge is -2.28. The van der Waals surface area contributed by atoms with E-state index in [1.807, 2.05) is 7.05 Å². The molecule has 1 aromatic carbocycles. The Kier molecular flexibility index (Phi) is 5.28. The van der Waals surface area contributed by atoms with Gasteiger partial charge in [-0.3, -0.25) is 4.68 Å². The van der Waals surface area contributed by atoms with Crippen LogP contribution in [0.4, 0.5) is 14.9 Å². The number of carbonyl (C=O) groups excluding carboxylic acids is 1. The average molecular weight is 398 g/mol. The Hall–Kier alpha value is -3.23. The molecule has 1 saturated heterocycles. The van der Waals surface area contributed by atoms with Crippen molar-refractivity contribution in [2.45, 2.75) is 38.6 Å². The van der Waals surface area contributed by atoms with Gasteiger partial charge in [0, 0.05) is 31.0 Å². The van der Waals surface area contributed by atoms with Crippen LogP contribution in [0.25, 0.3) is 11.5 Å². The molecule has 0 spiro atoms. The highest BCUT2D eigenvalue weighted by atomic mass is 19.1. The van der Waals surface area contributed by atoms with Gasteiger partial charge in [-0.25, -0.2) is 9.18 Å². The molecule has 1 unspecified atom stereocenters. The second-order valence-corrected chi connectivity index (χ2v) is 7.26.